The predicted molar refractivity (Wildman–Crippen MR) is 65.6 cm³/mol. The quantitative estimate of drug-likeness (QED) is 0.685. The molecule has 0 heterocycles. The Balaban J connectivity index is 3.90. The lowest BCUT2D eigenvalue weighted by Crippen LogP contribution is -2.33. The van der Waals surface area contributed by atoms with E-state index in [0.29, 0.717) is 11.5 Å². The maximum atomic E-state index is 3.53. The third-order valence-electron chi connectivity index (χ3n) is 3.02. The van der Waals surface area contributed by atoms with Crippen molar-refractivity contribution in [3.05, 3.63) is 0 Å². The zero-order valence-electron chi connectivity index (χ0n) is 11.0. The summed E-state index contributed by atoms with van der Waals surface area (Å²) in [4.78, 5) is 0. The molecule has 2 unspecified atom stereocenters. The molecule has 0 saturated carbocycles. The molecule has 0 radical (unpaired) electrons. The Morgan fingerprint density at radius 1 is 1.14 bits per heavy atom. The molecule has 1 nitrogen and oxygen atoms in total. The average molecular weight is 199 g/mol. The fourth-order valence-corrected chi connectivity index (χ4v) is 1.91. The van der Waals surface area contributed by atoms with Gasteiger partial charge in [-0.25, -0.2) is 0 Å². The van der Waals surface area contributed by atoms with Crippen molar-refractivity contribution in [3.8, 4) is 0 Å². The van der Waals surface area contributed by atoms with Gasteiger partial charge in [-0.3, -0.25) is 0 Å². The van der Waals surface area contributed by atoms with Crippen LogP contribution in [0.1, 0.15) is 60.8 Å². The highest BCUT2D eigenvalue weighted by molar-refractivity contribution is 4.73. The first-order valence-electron chi connectivity index (χ1n) is 6.14. The monoisotopic (exact) mass is 199 g/mol. The number of hydrogen-bond acceptors (Lipinski definition) is 1. The van der Waals surface area contributed by atoms with Crippen LogP contribution in [-0.2, 0) is 0 Å². The SMILES string of the molecule is CCNC(C)C(CC)CCC(C)(C)C. The minimum absolute atomic E-state index is 0.485. The van der Waals surface area contributed by atoms with Crippen LogP contribution in [0.5, 0.6) is 0 Å². The van der Waals surface area contributed by atoms with Crippen molar-refractivity contribution in [1.29, 1.82) is 0 Å². The highest BCUT2D eigenvalue weighted by Crippen LogP contribution is 2.26. The van der Waals surface area contributed by atoms with Crippen LogP contribution in [0.2, 0.25) is 0 Å². The van der Waals surface area contributed by atoms with E-state index in [1.54, 1.807) is 0 Å². The molecule has 0 spiro atoms. The zero-order valence-corrected chi connectivity index (χ0v) is 11.0. The largest absolute Gasteiger partial charge is 0.314 e. The van der Waals surface area contributed by atoms with E-state index in [9.17, 15) is 0 Å². The highest BCUT2D eigenvalue weighted by Gasteiger charge is 2.18. The number of nitrogens with one attached hydrogen (secondary N) is 1. The second-order valence-electron chi connectivity index (χ2n) is 5.61. The van der Waals surface area contributed by atoms with E-state index in [-0.39, 0.29) is 0 Å². The van der Waals surface area contributed by atoms with Gasteiger partial charge in [0.15, 0.2) is 0 Å². The fraction of sp³-hybridized carbons (Fsp3) is 1.00. The van der Waals surface area contributed by atoms with E-state index in [0.717, 1.165) is 12.5 Å². The third kappa shape index (κ3) is 6.42. The molecule has 0 fully saturated rings. The first kappa shape index (κ1) is 14.0. The van der Waals surface area contributed by atoms with Crippen LogP contribution in [0.25, 0.3) is 0 Å². The van der Waals surface area contributed by atoms with E-state index in [1.807, 2.05) is 0 Å². The van der Waals surface area contributed by atoms with Crippen LogP contribution in [0.3, 0.4) is 0 Å². The topological polar surface area (TPSA) is 12.0 Å². The number of hydrogen-bond donors (Lipinski definition) is 1. The summed E-state index contributed by atoms with van der Waals surface area (Å²) in [6.07, 6.45) is 3.99. The van der Waals surface area contributed by atoms with Crippen molar-refractivity contribution in [2.24, 2.45) is 11.3 Å². The molecule has 0 saturated heterocycles. The van der Waals surface area contributed by atoms with Crippen molar-refractivity contribution in [2.75, 3.05) is 6.54 Å². The van der Waals surface area contributed by atoms with Gasteiger partial charge in [-0.2, -0.15) is 0 Å². The lowest BCUT2D eigenvalue weighted by molar-refractivity contribution is 0.278. The Morgan fingerprint density at radius 3 is 2.07 bits per heavy atom. The Kier molecular flexibility index (Phi) is 6.43. The van der Waals surface area contributed by atoms with Crippen LogP contribution < -0.4 is 5.32 Å². The molecule has 0 aliphatic heterocycles. The Morgan fingerprint density at radius 2 is 1.71 bits per heavy atom. The standard InChI is InChI=1S/C13H29N/c1-7-12(11(3)14-8-2)9-10-13(4,5)6/h11-12,14H,7-10H2,1-6H3. The van der Waals surface area contributed by atoms with Gasteiger partial charge in [0.2, 0.25) is 0 Å². The van der Waals surface area contributed by atoms with Crippen molar-refractivity contribution in [2.45, 2.75) is 66.8 Å². The van der Waals surface area contributed by atoms with Crippen molar-refractivity contribution >= 4 is 0 Å². The van der Waals surface area contributed by atoms with E-state index in [4.69, 9.17) is 0 Å². The Labute approximate surface area is 90.7 Å². The molecule has 0 bridgehead atoms. The van der Waals surface area contributed by atoms with Crippen molar-refractivity contribution in [1.82, 2.24) is 5.32 Å². The summed E-state index contributed by atoms with van der Waals surface area (Å²) in [5, 5.41) is 3.53. The van der Waals surface area contributed by atoms with Gasteiger partial charge >= 0.3 is 0 Å². The van der Waals surface area contributed by atoms with Gasteiger partial charge < -0.3 is 5.32 Å². The van der Waals surface area contributed by atoms with E-state index in [1.165, 1.54) is 19.3 Å². The maximum Gasteiger partial charge on any atom is 0.00667 e. The molecule has 1 heteroatoms. The van der Waals surface area contributed by atoms with Gasteiger partial charge in [-0.05, 0) is 37.6 Å². The minimum atomic E-state index is 0.485. The summed E-state index contributed by atoms with van der Waals surface area (Å²) in [6.45, 7) is 14.9. The summed E-state index contributed by atoms with van der Waals surface area (Å²) in [5.41, 5.74) is 0.485. The maximum absolute atomic E-state index is 3.53. The lowest BCUT2D eigenvalue weighted by atomic mass is 9.83. The first-order chi connectivity index (χ1) is 6.40. The van der Waals surface area contributed by atoms with Crippen molar-refractivity contribution in [3.63, 3.8) is 0 Å². The van der Waals surface area contributed by atoms with Gasteiger partial charge in [0, 0.05) is 6.04 Å². The molecular formula is C13H29N. The minimum Gasteiger partial charge on any atom is -0.314 e. The van der Waals surface area contributed by atoms with E-state index >= 15 is 0 Å². The average Bonchev–Trinajstić information content (AvgIpc) is 2.03. The zero-order chi connectivity index (χ0) is 11.2. The molecule has 2 atom stereocenters. The summed E-state index contributed by atoms with van der Waals surface area (Å²) in [5.74, 6) is 0.842. The normalized spacial score (nSPS) is 16.7. The summed E-state index contributed by atoms with van der Waals surface area (Å²) in [6, 6.07) is 0.673. The van der Waals surface area contributed by atoms with Crippen LogP contribution in [-0.4, -0.2) is 12.6 Å². The second kappa shape index (κ2) is 6.44. The Hall–Kier alpha value is -0.0400. The molecule has 14 heavy (non-hydrogen) atoms. The second-order valence-corrected chi connectivity index (χ2v) is 5.61. The molecule has 0 aromatic carbocycles. The van der Waals surface area contributed by atoms with Gasteiger partial charge in [0.1, 0.15) is 0 Å². The summed E-state index contributed by atoms with van der Waals surface area (Å²) < 4.78 is 0. The molecule has 0 aromatic rings. The predicted octanol–water partition coefficient (Wildman–Crippen LogP) is 3.84. The van der Waals surface area contributed by atoms with Crippen LogP contribution in [0, 0.1) is 11.3 Å². The Bertz CT molecular complexity index is 135. The molecule has 0 aliphatic rings. The summed E-state index contributed by atoms with van der Waals surface area (Å²) >= 11 is 0. The van der Waals surface area contributed by atoms with Crippen LogP contribution in [0.15, 0.2) is 0 Å². The van der Waals surface area contributed by atoms with Gasteiger partial charge in [-0.1, -0.05) is 41.0 Å². The van der Waals surface area contributed by atoms with E-state index in [2.05, 4.69) is 46.9 Å². The molecule has 0 amide bonds. The molecular weight excluding hydrogens is 170 g/mol. The van der Waals surface area contributed by atoms with Crippen molar-refractivity contribution < 1.29 is 0 Å². The smallest absolute Gasteiger partial charge is 0.00667 e. The molecule has 86 valence electrons. The summed E-state index contributed by atoms with van der Waals surface area (Å²) in [7, 11) is 0. The molecule has 0 rings (SSSR count). The highest BCUT2D eigenvalue weighted by atomic mass is 14.9. The molecule has 1 N–H and O–H groups in total. The first-order valence-corrected chi connectivity index (χ1v) is 6.14. The fourth-order valence-electron chi connectivity index (χ4n) is 1.91. The molecule has 0 aliphatic carbocycles. The van der Waals surface area contributed by atoms with Gasteiger partial charge in [-0.15, -0.1) is 0 Å². The van der Waals surface area contributed by atoms with Gasteiger partial charge in [0.05, 0.1) is 0 Å². The number of rotatable bonds is 6. The third-order valence-corrected chi connectivity index (χ3v) is 3.02. The van der Waals surface area contributed by atoms with Crippen LogP contribution in [0.4, 0.5) is 0 Å². The molecule has 0 aromatic heterocycles. The van der Waals surface area contributed by atoms with Crippen LogP contribution >= 0.6 is 0 Å². The lowest BCUT2D eigenvalue weighted by Gasteiger charge is -2.27. The van der Waals surface area contributed by atoms with E-state index < -0.39 is 0 Å². The van der Waals surface area contributed by atoms with Gasteiger partial charge in [0.25, 0.3) is 0 Å².